The Kier molecular flexibility index (Phi) is 2.80. The van der Waals surface area contributed by atoms with Gasteiger partial charge in [0, 0.05) is 6.07 Å². The van der Waals surface area contributed by atoms with E-state index >= 15 is 0 Å². The van der Waals surface area contributed by atoms with E-state index in [1.807, 2.05) is 0 Å². The largest absolute Gasteiger partial charge is 0.396 e. The van der Waals surface area contributed by atoms with Crippen molar-refractivity contribution in [3.05, 3.63) is 27.0 Å². The quantitative estimate of drug-likeness (QED) is 0.473. The molecule has 0 aliphatic heterocycles. The van der Waals surface area contributed by atoms with Crippen molar-refractivity contribution < 1.29 is 13.7 Å². The number of halogens is 3. The zero-order valence-corrected chi connectivity index (χ0v) is 7.33. The highest BCUT2D eigenvalue weighted by Gasteiger charge is 2.25. The van der Waals surface area contributed by atoms with Gasteiger partial charge in [-0.3, -0.25) is 10.1 Å². The number of nitrogens with zero attached hydrogens (tertiary/aromatic N) is 2. The fourth-order valence-corrected chi connectivity index (χ4v) is 0.961. The van der Waals surface area contributed by atoms with Gasteiger partial charge in [0.2, 0.25) is 0 Å². The molecule has 0 aliphatic carbocycles. The van der Waals surface area contributed by atoms with Crippen LogP contribution in [0.4, 0.5) is 20.2 Å². The maximum Gasteiger partial charge on any atom is 0.298 e. The van der Waals surface area contributed by atoms with Crippen LogP contribution in [0.3, 0.4) is 0 Å². The van der Waals surface area contributed by atoms with Crippen molar-refractivity contribution in [3.8, 4) is 0 Å². The smallest absolute Gasteiger partial charge is 0.298 e. The second kappa shape index (κ2) is 3.70. The summed E-state index contributed by atoms with van der Waals surface area (Å²) in [6.07, 6.45) is -3.06. The molecule has 2 N–H and O–H groups in total. The third-order valence-electron chi connectivity index (χ3n) is 1.41. The molecule has 1 heterocycles. The van der Waals surface area contributed by atoms with Crippen molar-refractivity contribution in [2.45, 2.75) is 6.43 Å². The molecule has 0 aromatic carbocycles. The lowest BCUT2D eigenvalue weighted by Crippen LogP contribution is -2.02. The maximum absolute atomic E-state index is 12.2. The van der Waals surface area contributed by atoms with E-state index in [2.05, 4.69) is 4.98 Å². The third kappa shape index (κ3) is 1.87. The molecule has 0 unspecified atom stereocenters. The molecule has 8 heteroatoms. The number of nitrogens with two attached hydrogens (primary N) is 1. The van der Waals surface area contributed by atoms with Crippen LogP contribution in [0.25, 0.3) is 0 Å². The fraction of sp³-hybridized carbons (Fsp3) is 0.167. The van der Waals surface area contributed by atoms with Crippen LogP contribution in [-0.4, -0.2) is 9.91 Å². The van der Waals surface area contributed by atoms with Crippen LogP contribution in [0.15, 0.2) is 6.07 Å². The molecule has 76 valence electrons. The molecule has 14 heavy (non-hydrogen) atoms. The summed E-state index contributed by atoms with van der Waals surface area (Å²) in [6.45, 7) is 0. The molecule has 1 rings (SSSR count). The molecule has 0 aliphatic rings. The summed E-state index contributed by atoms with van der Waals surface area (Å²) in [5.74, 6) is 0. The van der Waals surface area contributed by atoms with Gasteiger partial charge in [0.25, 0.3) is 12.1 Å². The number of rotatable bonds is 2. The van der Waals surface area contributed by atoms with Gasteiger partial charge in [0.1, 0.15) is 0 Å². The zero-order chi connectivity index (χ0) is 10.9. The summed E-state index contributed by atoms with van der Waals surface area (Å²) < 4.78 is 24.5. The molecule has 0 fully saturated rings. The SMILES string of the molecule is Nc1cc([N+](=O)[O-])c(C(F)F)nc1Cl. The van der Waals surface area contributed by atoms with Crippen molar-refractivity contribution >= 4 is 23.0 Å². The Morgan fingerprint density at radius 3 is 2.64 bits per heavy atom. The van der Waals surface area contributed by atoms with E-state index in [-0.39, 0.29) is 10.8 Å². The molecule has 0 amide bonds. The highest BCUT2D eigenvalue weighted by molar-refractivity contribution is 6.31. The first-order valence-corrected chi connectivity index (χ1v) is 3.69. The molecule has 0 atom stereocenters. The first kappa shape index (κ1) is 10.6. The molecule has 0 spiro atoms. The number of nitro groups is 1. The number of nitrogen functional groups attached to an aromatic ring is 1. The number of hydrogen-bond donors (Lipinski definition) is 1. The first-order chi connectivity index (χ1) is 6.43. The van der Waals surface area contributed by atoms with Crippen molar-refractivity contribution in [2.24, 2.45) is 0 Å². The van der Waals surface area contributed by atoms with E-state index in [0.717, 1.165) is 6.07 Å². The summed E-state index contributed by atoms with van der Waals surface area (Å²) in [4.78, 5) is 12.5. The molecular formula is C6H4ClF2N3O2. The van der Waals surface area contributed by atoms with Crippen molar-refractivity contribution in [3.63, 3.8) is 0 Å². The van der Waals surface area contributed by atoms with E-state index in [1.165, 1.54) is 0 Å². The Bertz CT molecular complexity index is 386. The van der Waals surface area contributed by atoms with Crippen molar-refractivity contribution in [2.75, 3.05) is 5.73 Å². The average molecular weight is 224 g/mol. The minimum atomic E-state index is -3.06. The summed E-state index contributed by atoms with van der Waals surface area (Å²) >= 11 is 5.34. The summed E-state index contributed by atoms with van der Waals surface area (Å²) in [7, 11) is 0. The average Bonchev–Trinajstić information content (AvgIpc) is 2.08. The van der Waals surface area contributed by atoms with Gasteiger partial charge in [-0.2, -0.15) is 0 Å². The van der Waals surface area contributed by atoms with E-state index in [9.17, 15) is 18.9 Å². The van der Waals surface area contributed by atoms with Gasteiger partial charge in [-0.25, -0.2) is 13.8 Å². The minimum Gasteiger partial charge on any atom is -0.396 e. The highest BCUT2D eigenvalue weighted by atomic mass is 35.5. The lowest BCUT2D eigenvalue weighted by atomic mass is 10.3. The van der Waals surface area contributed by atoms with Crippen LogP contribution in [-0.2, 0) is 0 Å². The maximum atomic E-state index is 12.2. The molecule has 5 nitrogen and oxygen atoms in total. The second-order valence-corrected chi connectivity index (χ2v) is 2.69. The predicted octanol–water partition coefficient (Wildman–Crippen LogP) is 2.16. The second-order valence-electron chi connectivity index (χ2n) is 2.33. The van der Waals surface area contributed by atoms with Gasteiger partial charge in [-0.15, -0.1) is 0 Å². The number of alkyl halides is 2. The van der Waals surface area contributed by atoms with Crippen LogP contribution < -0.4 is 5.73 Å². The monoisotopic (exact) mass is 223 g/mol. The van der Waals surface area contributed by atoms with Crippen LogP contribution in [0.1, 0.15) is 12.1 Å². The summed E-state index contributed by atoms with van der Waals surface area (Å²) in [5, 5.41) is 9.95. The Morgan fingerprint density at radius 2 is 2.21 bits per heavy atom. The van der Waals surface area contributed by atoms with Gasteiger partial charge in [0.05, 0.1) is 10.6 Å². The van der Waals surface area contributed by atoms with Crippen LogP contribution >= 0.6 is 11.6 Å². The fourth-order valence-electron chi connectivity index (χ4n) is 0.815. The lowest BCUT2D eigenvalue weighted by Gasteiger charge is -2.03. The van der Waals surface area contributed by atoms with Crippen LogP contribution in [0, 0.1) is 10.1 Å². The Labute approximate surface area is 81.6 Å². The highest BCUT2D eigenvalue weighted by Crippen LogP contribution is 2.31. The van der Waals surface area contributed by atoms with Gasteiger partial charge in [0.15, 0.2) is 10.8 Å². The van der Waals surface area contributed by atoms with Crippen molar-refractivity contribution in [1.82, 2.24) is 4.98 Å². The van der Waals surface area contributed by atoms with Crippen molar-refractivity contribution in [1.29, 1.82) is 0 Å². The number of aromatic nitrogens is 1. The van der Waals surface area contributed by atoms with E-state index in [1.54, 1.807) is 0 Å². The van der Waals surface area contributed by atoms with Crippen LogP contribution in [0.5, 0.6) is 0 Å². The molecule has 1 aromatic rings. The normalized spacial score (nSPS) is 10.6. The molecule has 1 aromatic heterocycles. The third-order valence-corrected chi connectivity index (χ3v) is 1.72. The molecular weight excluding hydrogens is 220 g/mol. The van der Waals surface area contributed by atoms with Gasteiger partial charge in [-0.05, 0) is 0 Å². The van der Waals surface area contributed by atoms with Gasteiger partial charge >= 0.3 is 0 Å². The Balaban J connectivity index is 3.39. The molecule has 0 saturated carbocycles. The first-order valence-electron chi connectivity index (χ1n) is 3.32. The molecule has 0 saturated heterocycles. The summed E-state index contributed by atoms with van der Waals surface area (Å²) in [6, 6.07) is 0.761. The molecule has 0 radical (unpaired) electrons. The number of anilines is 1. The number of pyridine rings is 1. The van der Waals surface area contributed by atoms with Crippen LogP contribution in [0.2, 0.25) is 5.15 Å². The molecule has 0 bridgehead atoms. The minimum absolute atomic E-state index is 0.206. The van der Waals surface area contributed by atoms with Gasteiger partial charge in [-0.1, -0.05) is 11.6 Å². The standard InChI is InChI=1S/C6H4ClF2N3O2/c7-5-2(10)1-3(12(13)14)4(11-5)6(8)9/h1,6H,10H2. The summed E-state index contributed by atoms with van der Waals surface area (Å²) in [5.41, 5.74) is 3.17. The van der Waals surface area contributed by atoms with E-state index in [0.29, 0.717) is 0 Å². The van der Waals surface area contributed by atoms with E-state index in [4.69, 9.17) is 17.3 Å². The predicted molar refractivity (Wildman–Crippen MR) is 45.3 cm³/mol. The van der Waals surface area contributed by atoms with Gasteiger partial charge < -0.3 is 5.73 Å². The Morgan fingerprint density at radius 1 is 1.64 bits per heavy atom. The lowest BCUT2D eigenvalue weighted by molar-refractivity contribution is -0.386. The topological polar surface area (TPSA) is 82.0 Å². The van der Waals surface area contributed by atoms with E-state index < -0.39 is 22.7 Å². The Hall–Kier alpha value is -1.50. The number of hydrogen-bond acceptors (Lipinski definition) is 4. The zero-order valence-electron chi connectivity index (χ0n) is 6.58.